The number of anilines is 1. The summed E-state index contributed by atoms with van der Waals surface area (Å²) in [5, 5.41) is 8.74. The monoisotopic (exact) mass is 224 g/mol. The highest BCUT2D eigenvalue weighted by molar-refractivity contribution is 7.91. The van der Waals surface area contributed by atoms with Crippen LogP contribution in [0, 0.1) is 18.3 Å². The lowest BCUT2D eigenvalue weighted by atomic mass is 10.1. The van der Waals surface area contributed by atoms with Crippen molar-refractivity contribution in [2.24, 2.45) is 0 Å². The average molecular weight is 224 g/mol. The van der Waals surface area contributed by atoms with Crippen LogP contribution in [-0.2, 0) is 9.84 Å². The molecule has 0 saturated carbocycles. The Hall–Kier alpha value is -1.54. The van der Waals surface area contributed by atoms with Crippen LogP contribution in [0.4, 0.5) is 5.69 Å². The van der Waals surface area contributed by atoms with Gasteiger partial charge in [0.1, 0.15) is 0 Å². The van der Waals surface area contributed by atoms with Crippen molar-refractivity contribution in [3.8, 4) is 6.07 Å². The first-order valence-corrected chi connectivity index (χ1v) is 6.11. The molecule has 0 aliphatic rings. The topological polar surface area (TPSA) is 84.0 Å². The van der Waals surface area contributed by atoms with Crippen LogP contribution in [0.5, 0.6) is 0 Å². The standard InChI is InChI=1S/C10H12N2O2S/c1-3-15(13,14)9-5-4-8(6-11)7(2)10(9)12/h4-5H,3,12H2,1-2H3. The minimum Gasteiger partial charge on any atom is -0.397 e. The van der Waals surface area contributed by atoms with Crippen molar-refractivity contribution in [1.29, 1.82) is 5.26 Å². The Labute approximate surface area is 89.2 Å². The number of nitrogens with two attached hydrogens (primary N) is 1. The molecule has 0 aliphatic carbocycles. The molecule has 0 spiro atoms. The summed E-state index contributed by atoms with van der Waals surface area (Å²) in [6.45, 7) is 3.20. The Kier molecular flexibility index (Phi) is 3.01. The number of hydrogen-bond acceptors (Lipinski definition) is 4. The molecule has 1 rings (SSSR count). The number of hydrogen-bond donors (Lipinski definition) is 1. The van der Waals surface area contributed by atoms with Gasteiger partial charge in [-0.05, 0) is 24.6 Å². The molecule has 0 amide bonds. The number of rotatable bonds is 2. The molecule has 0 bridgehead atoms. The Bertz CT molecular complexity index is 527. The number of sulfone groups is 1. The first-order chi connectivity index (χ1) is 6.94. The number of benzene rings is 1. The van der Waals surface area contributed by atoms with E-state index in [0.717, 1.165) is 0 Å². The van der Waals surface area contributed by atoms with E-state index in [1.807, 2.05) is 6.07 Å². The van der Waals surface area contributed by atoms with Crippen LogP contribution < -0.4 is 5.73 Å². The van der Waals surface area contributed by atoms with Gasteiger partial charge in [-0.15, -0.1) is 0 Å². The summed E-state index contributed by atoms with van der Waals surface area (Å²) >= 11 is 0. The van der Waals surface area contributed by atoms with Gasteiger partial charge in [0.25, 0.3) is 0 Å². The number of nitrogen functional groups attached to an aromatic ring is 1. The van der Waals surface area contributed by atoms with Crippen molar-refractivity contribution in [3.63, 3.8) is 0 Å². The van der Waals surface area contributed by atoms with Crippen molar-refractivity contribution >= 4 is 15.5 Å². The van der Waals surface area contributed by atoms with Crippen LogP contribution in [0.2, 0.25) is 0 Å². The summed E-state index contributed by atoms with van der Waals surface area (Å²) in [7, 11) is -3.31. The van der Waals surface area contributed by atoms with Crippen molar-refractivity contribution < 1.29 is 8.42 Å². The van der Waals surface area contributed by atoms with E-state index >= 15 is 0 Å². The van der Waals surface area contributed by atoms with E-state index in [4.69, 9.17) is 11.0 Å². The maximum atomic E-state index is 11.6. The molecule has 0 heterocycles. The molecule has 80 valence electrons. The lowest BCUT2D eigenvalue weighted by Crippen LogP contribution is -2.08. The minimum absolute atomic E-state index is 0.00252. The SMILES string of the molecule is CCS(=O)(=O)c1ccc(C#N)c(C)c1N. The second-order valence-electron chi connectivity index (χ2n) is 3.17. The Morgan fingerprint density at radius 2 is 2.07 bits per heavy atom. The zero-order valence-electron chi connectivity index (χ0n) is 8.61. The third-order valence-corrected chi connectivity index (χ3v) is 4.10. The predicted octanol–water partition coefficient (Wildman–Crippen LogP) is 1.24. The molecule has 0 radical (unpaired) electrons. The molecular weight excluding hydrogens is 212 g/mol. The highest BCUT2D eigenvalue weighted by Crippen LogP contribution is 2.25. The van der Waals surface area contributed by atoms with Crippen LogP contribution in [-0.4, -0.2) is 14.2 Å². The first kappa shape index (κ1) is 11.5. The lowest BCUT2D eigenvalue weighted by Gasteiger charge is -2.08. The molecule has 0 aliphatic heterocycles. The van der Waals surface area contributed by atoms with Gasteiger partial charge in [-0.3, -0.25) is 0 Å². The fraction of sp³-hybridized carbons (Fsp3) is 0.300. The summed E-state index contributed by atoms with van der Waals surface area (Å²) in [5.74, 6) is 0.00252. The summed E-state index contributed by atoms with van der Waals surface area (Å²) in [6, 6.07) is 4.83. The zero-order chi connectivity index (χ0) is 11.6. The lowest BCUT2D eigenvalue weighted by molar-refractivity contribution is 0.597. The van der Waals surface area contributed by atoms with Crippen LogP contribution in [0.25, 0.3) is 0 Å². The van der Waals surface area contributed by atoms with Gasteiger partial charge in [0, 0.05) is 0 Å². The number of nitriles is 1. The molecule has 0 atom stereocenters. The van der Waals surface area contributed by atoms with Crippen molar-refractivity contribution in [2.45, 2.75) is 18.7 Å². The Balaban J connectivity index is 3.52. The van der Waals surface area contributed by atoms with Gasteiger partial charge in [-0.1, -0.05) is 6.92 Å². The van der Waals surface area contributed by atoms with Crippen LogP contribution in [0.1, 0.15) is 18.1 Å². The molecule has 4 nitrogen and oxygen atoms in total. The average Bonchev–Trinajstić information content (AvgIpc) is 2.21. The smallest absolute Gasteiger partial charge is 0.180 e. The van der Waals surface area contributed by atoms with Crippen molar-refractivity contribution in [3.05, 3.63) is 23.3 Å². The minimum atomic E-state index is -3.31. The van der Waals surface area contributed by atoms with Gasteiger partial charge in [0.2, 0.25) is 0 Å². The molecule has 0 unspecified atom stereocenters. The highest BCUT2D eigenvalue weighted by atomic mass is 32.2. The fourth-order valence-corrected chi connectivity index (χ4v) is 2.33. The molecule has 5 heteroatoms. The molecule has 15 heavy (non-hydrogen) atoms. The summed E-state index contributed by atoms with van der Waals surface area (Å²) < 4.78 is 23.2. The molecule has 1 aromatic rings. The second kappa shape index (κ2) is 3.91. The zero-order valence-corrected chi connectivity index (χ0v) is 9.43. The molecule has 2 N–H and O–H groups in total. The van der Waals surface area contributed by atoms with Crippen LogP contribution in [0.15, 0.2) is 17.0 Å². The van der Waals surface area contributed by atoms with Gasteiger partial charge >= 0.3 is 0 Å². The van der Waals surface area contributed by atoms with E-state index < -0.39 is 9.84 Å². The maximum absolute atomic E-state index is 11.6. The van der Waals surface area contributed by atoms with Crippen LogP contribution in [0.3, 0.4) is 0 Å². The molecule has 0 aromatic heterocycles. The van der Waals surface area contributed by atoms with E-state index in [9.17, 15) is 8.42 Å². The molecule has 0 saturated heterocycles. The van der Waals surface area contributed by atoms with Gasteiger partial charge in [-0.25, -0.2) is 8.42 Å². The number of nitrogens with zero attached hydrogens (tertiary/aromatic N) is 1. The highest BCUT2D eigenvalue weighted by Gasteiger charge is 2.17. The van der Waals surface area contributed by atoms with Gasteiger partial charge in [0.05, 0.1) is 28.0 Å². The molecule has 0 fully saturated rings. The normalized spacial score (nSPS) is 11.0. The van der Waals surface area contributed by atoms with E-state index in [0.29, 0.717) is 11.1 Å². The third-order valence-electron chi connectivity index (χ3n) is 2.31. The summed E-state index contributed by atoms with van der Waals surface area (Å²) in [5.41, 5.74) is 6.79. The Morgan fingerprint density at radius 3 is 2.53 bits per heavy atom. The van der Waals surface area contributed by atoms with Crippen molar-refractivity contribution in [2.75, 3.05) is 11.5 Å². The van der Waals surface area contributed by atoms with E-state index in [1.165, 1.54) is 12.1 Å². The van der Waals surface area contributed by atoms with Crippen LogP contribution >= 0.6 is 0 Å². The van der Waals surface area contributed by atoms with E-state index in [1.54, 1.807) is 13.8 Å². The largest absolute Gasteiger partial charge is 0.397 e. The Morgan fingerprint density at radius 1 is 1.47 bits per heavy atom. The summed E-state index contributed by atoms with van der Waals surface area (Å²) in [6.07, 6.45) is 0. The van der Waals surface area contributed by atoms with Gasteiger partial charge in [0.15, 0.2) is 9.84 Å². The molecular formula is C10H12N2O2S. The predicted molar refractivity (Wildman–Crippen MR) is 58.0 cm³/mol. The second-order valence-corrected chi connectivity index (χ2v) is 5.41. The summed E-state index contributed by atoms with van der Waals surface area (Å²) in [4.78, 5) is 0.113. The van der Waals surface area contributed by atoms with Gasteiger partial charge < -0.3 is 5.73 Å². The maximum Gasteiger partial charge on any atom is 0.180 e. The third kappa shape index (κ3) is 1.95. The quantitative estimate of drug-likeness (QED) is 0.766. The van der Waals surface area contributed by atoms with Gasteiger partial charge in [-0.2, -0.15) is 5.26 Å². The van der Waals surface area contributed by atoms with E-state index in [2.05, 4.69) is 0 Å². The molecule has 1 aromatic carbocycles. The fourth-order valence-electron chi connectivity index (χ4n) is 1.25. The van der Waals surface area contributed by atoms with Crippen molar-refractivity contribution in [1.82, 2.24) is 0 Å². The first-order valence-electron chi connectivity index (χ1n) is 4.46. The van der Waals surface area contributed by atoms with E-state index in [-0.39, 0.29) is 16.3 Å².